The monoisotopic (exact) mass is 344 g/mol. The van der Waals surface area contributed by atoms with Crippen molar-refractivity contribution in [1.29, 1.82) is 0 Å². The van der Waals surface area contributed by atoms with E-state index < -0.39 is 15.7 Å². The SMILES string of the molecule is Nc1ccc(S(=O)Cc2c(Cl)cccc2[N+](=O)[O-])c(Cl)c1. The fourth-order valence-electron chi connectivity index (χ4n) is 1.77. The highest BCUT2D eigenvalue weighted by molar-refractivity contribution is 7.84. The Bertz CT molecular complexity index is 737. The second-order valence-corrected chi connectivity index (χ2v) is 6.41. The number of nitro groups is 1. The van der Waals surface area contributed by atoms with Crippen LogP contribution in [0.15, 0.2) is 41.3 Å². The van der Waals surface area contributed by atoms with Gasteiger partial charge in [0.05, 0.1) is 42.0 Å². The third kappa shape index (κ3) is 3.53. The molecule has 0 radical (unpaired) electrons. The minimum Gasteiger partial charge on any atom is -0.399 e. The number of hydrogen-bond acceptors (Lipinski definition) is 4. The zero-order chi connectivity index (χ0) is 15.6. The molecule has 8 heteroatoms. The standard InChI is InChI=1S/C13H10Cl2N2O3S/c14-10-2-1-3-12(17(18)19)9(10)7-21(20)13-5-4-8(16)6-11(13)15/h1-6H,7,16H2. The van der Waals surface area contributed by atoms with E-state index in [2.05, 4.69) is 0 Å². The molecule has 110 valence electrons. The number of hydrogen-bond donors (Lipinski definition) is 1. The van der Waals surface area contributed by atoms with Crippen molar-refractivity contribution >= 4 is 45.4 Å². The van der Waals surface area contributed by atoms with Crippen LogP contribution in [0.25, 0.3) is 0 Å². The first-order valence-corrected chi connectivity index (χ1v) is 7.83. The highest BCUT2D eigenvalue weighted by Crippen LogP contribution is 2.30. The van der Waals surface area contributed by atoms with Gasteiger partial charge < -0.3 is 5.73 Å². The van der Waals surface area contributed by atoms with Crippen molar-refractivity contribution in [2.24, 2.45) is 0 Å². The molecule has 2 N–H and O–H groups in total. The van der Waals surface area contributed by atoms with E-state index in [1.54, 1.807) is 6.07 Å². The molecule has 0 saturated heterocycles. The van der Waals surface area contributed by atoms with Gasteiger partial charge in [-0.15, -0.1) is 0 Å². The maximum Gasteiger partial charge on any atom is 0.275 e. The molecule has 0 spiro atoms. The van der Waals surface area contributed by atoms with Crippen molar-refractivity contribution in [3.8, 4) is 0 Å². The number of benzene rings is 2. The second kappa shape index (κ2) is 6.43. The minimum atomic E-state index is -1.57. The Morgan fingerprint density at radius 1 is 1.19 bits per heavy atom. The minimum absolute atomic E-state index is 0.0976. The van der Waals surface area contributed by atoms with Gasteiger partial charge in [-0.2, -0.15) is 0 Å². The Balaban J connectivity index is 2.38. The van der Waals surface area contributed by atoms with Gasteiger partial charge in [0.1, 0.15) is 0 Å². The molecule has 0 aliphatic carbocycles. The van der Waals surface area contributed by atoms with Crippen LogP contribution in [0, 0.1) is 10.1 Å². The lowest BCUT2D eigenvalue weighted by Gasteiger charge is -2.07. The predicted molar refractivity (Wildman–Crippen MR) is 84.1 cm³/mol. The van der Waals surface area contributed by atoms with Gasteiger partial charge in [0.25, 0.3) is 5.69 Å². The van der Waals surface area contributed by atoms with E-state index in [1.807, 2.05) is 0 Å². The van der Waals surface area contributed by atoms with Crippen LogP contribution in [-0.2, 0) is 16.6 Å². The van der Waals surface area contributed by atoms with Crippen molar-refractivity contribution in [3.63, 3.8) is 0 Å². The zero-order valence-corrected chi connectivity index (χ0v) is 12.9. The summed E-state index contributed by atoms with van der Waals surface area (Å²) in [6.07, 6.45) is 0. The molecule has 1 atom stereocenters. The van der Waals surface area contributed by atoms with Crippen molar-refractivity contribution in [2.45, 2.75) is 10.6 Å². The van der Waals surface area contributed by atoms with Crippen LogP contribution in [0.5, 0.6) is 0 Å². The van der Waals surface area contributed by atoms with Crippen molar-refractivity contribution in [3.05, 3.63) is 62.1 Å². The van der Waals surface area contributed by atoms with Crippen LogP contribution in [0.4, 0.5) is 11.4 Å². The number of rotatable bonds is 4. The van der Waals surface area contributed by atoms with Gasteiger partial charge in [0, 0.05) is 11.8 Å². The Hall–Kier alpha value is -1.63. The first-order chi connectivity index (χ1) is 9.90. The van der Waals surface area contributed by atoms with E-state index in [4.69, 9.17) is 28.9 Å². The molecule has 0 fully saturated rings. The van der Waals surface area contributed by atoms with Crippen LogP contribution >= 0.6 is 23.2 Å². The summed E-state index contributed by atoms with van der Waals surface area (Å²) in [6.45, 7) is 0. The van der Waals surface area contributed by atoms with Gasteiger partial charge in [-0.1, -0.05) is 29.3 Å². The summed E-state index contributed by atoms with van der Waals surface area (Å²) < 4.78 is 12.4. The quantitative estimate of drug-likeness (QED) is 0.519. The average molecular weight is 345 g/mol. The zero-order valence-electron chi connectivity index (χ0n) is 10.6. The van der Waals surface area contributed by atoms with Crippen molar-refractivity contribution in [1.82, 2.24) is 0 Å². The Kier molecular flexibility index (Phi) is 4.82. The third-order valence-corrected chi connectivity index (χ3v) is 4.94. The summed E-state index contributed by atoms with van der Waals surface area (Å²) in [4.78, 5) is 10.8. The lowest BCUT2D eigenvalue weighted by molar-refractivity contribution is -0.385. The summed E-state index contributed by atoms with van der Waals surface area (Å²) in [5.41, 5.74) is 6.08. The van der Waals surface area contributed by atoms with E-state index in [9.17, 15) is 14.3 Å². The highest BCUT2D eigenvalue weighted by atomic mass is 35.5. The molecule has 1 unspecified atom stereocenters. The summed E-state index contributed by atoms with van der Waals surface area (Å²) >= 11 is 12.0. The lowest BCUT2D eigenvalue weighted by atomic mass is 10.2. The smallest absolute Gasteiger partial charge is 0.275 e. The van der Waals surface area contributed by atoms with E-state index >= 15 is 0 Å². The lowest BCUT2D eigenvalue weighted by Crippen LogP contribution is -2.02. The van der Waals surface area contributed by atoms with Gasteiger partial charge in [0.15, 0.2) is 0 Å². The number of halogens is 2. The molecule has 0 aromatic heterocycles. The average Bonchev–Trinajstić information content (AvgIpc) is 2.40. The fourth-order valence-corrected chi connectivity index (χ4v) is 3.75. The first kappa shape index (κ1) is 15.8. The molecule has 2 aromatic carbocycles. The van der Waals surface area contributed by atoms with Gasteiger partial charge in [-0.05, 0) is 24.3 Å². The third-order valence-electron chi connectivity index (χ3n) is 2.77. The number of nitrogens with two attached hydrogens (primary N) is 1. The van der Waals surface area contributed by atoms with E-state index in [1.165, 1.54) is 30.3 Å². The Morgan fingerprint density at radius 3 is 2.52 bits per heavy atom. The van der Waals surface area contributed by atoms with E-state index in [0.29, 0.717) is 10.6 Å². The van der Waals surface area contributed by atoms with E-state index in [-0.39, 0.29) is 27.0 Å². The number of nitrogen functional groups attached to an aromatic ring is 1. The number of nitrogens with zero attached hydrogens (tertiary/aromatic N) is 1. The molecule has 21 heavy (non-hydrogen) atoms. The normalized spacial score (nSPS) is 12.1. The first-order valence-electron chi connectivity index (χ1n) is 5.75. The van der Waals surface area contributed by atoms with Gasteiger partial charge in [-0.25, -0.2) is 0 Å². The van der Waals surface area contributed by atoms with Gasteiger partial charge in [0.2, 0.25) is 0 Å². The van der Waals surface area contributed by atoms with Crippen LogP contribution in [0.3, 0.4) is 0 Å². The van der Waals surface area contributed by atoms with Crippen LogP contribution in [0.1, 0.15) is 5.56 Å². The maximum absolute atomic E-state index is 12.4. The molecule has 0 heterocycles. The van der Waals surface area contributed by atoms with Crippen LogP contribution < -0.4 is 5.73 Å². The summed E-state index contributed by atoms with van der Waals surface area (Å²) in [5, 5.41) is 11.5. The summed E-state index contributed by atoms with van der Waals surface area (Å²) in [7, 11) is -1.57. The molecule has 5 nitrogen and oxygen atoms in total. The second-order valence-electron chi connectivity index (χ2n) is 4.17. The fraction of sp³-hybridized carbons (Fsp3) is 0.0769. The number of nitro benzene ring substituents is 1. The van der Waals surface area contributed by atoms with Gasteiger partial charge >= 0.3 is 0 Å². The van der Waals surface area contributed by atoms with Crippen LogP contribution in [0.2, 0.25) is 10.0 Å². The Labute approximate surface area is 133 Å². The molecule has 2 rings (SSSR count). The molecule has 0 aliphatic rings. The molecule has 0 aliphatic heterocycles. The molecule has 0 amide bonds. The predicted octanol–water partition coefficient (Wildman–Crippen LogP) is 3.79. The summed E-state index contributed by atoms with van der Waals surface area (Å²) in [5.74, 6) is -0.0976. The Morgan fingerprint density at radius 2 is 1.90 bits per heavy atom. The molecule has 0 saturated carbocycles. The maximum atomic E-state index is 12.4. The van der Waals surface area contributed by atoms with Crippen molar-refractivity contribution in [2.75, 3.05) is 5.73 Å². The summed E-state index contributed by atoms with van der Waals surface area (Å²) in [6, 6.07) is 8.91. The van der Waals surface area contributed by atoms with Crippen LogP contribution in [-0.4, -0.2) is 9.13 Å². The van der Waals surface area contributed by atoms with Crippen molar-refractivity contribution < 1.29 is 9.13 Å². The highest BCUT2D eigenvalue weighted by Gasteiger charge is 2.20. The number of anilines is 1. The van der Waals surface area contributed by atoms with E-state index in [0.717, 1.165) is 0 Å². The molecule has 2 aromatic rings. The molecular weight excluding hydrogens is 335 g/mol. The largest absolute Gasteiger partial charge is 0.399 e. The molecular formula is C13H10Cl2N2O3S. The van der Waals surface area contributed by atoms with Gasteiger partial charge in [-0.3, -0.25) is 14.3 Å². The topological polar surface area (TPSA) is 86.2 Å². The molecule has 0 bridgehead atoms.